The number of amides is 1. The van der Waals surface area contributed by atoms with E-state index in [0.717, 1.165) is 17.4 Å². The van der Waals surface area contributed by atoms with Gasteiger partial charge in [0, 0.05) is 16.8 Å². The normalized spacial score (nSPS) is 11.2. The Kier molecular flexibility index (Phi) is 7.45. The minimum atomic E-state index is -3.64. The fourth-order valence-electron chi connectivity index (χ4n) is 3.65. The molecule has 0 radical (unpaired) electrons. The van der Waals surface area contributed by atoms with E-state index in [9.17, 15) is 13.2 Å². The van der Waals surface area contributed by atoms with Gasteiger partial charge >= 0.3 is 0 Å². The second-order valence-corrected chi connectivity index (χ2v) is 10.6. The predicted molar refractivity (Wildman–Crippen MR) is 144 cm³/mol. The summed E-state index contributed by atoms with van der Waals surface area (Å²) in [6.45, 7) is 0.0393. The number of hydrogen-bond acceptors (Lipinski definition) is 3. The molecule has 0 saturated carbocycles. The lowest BCUT2D eigenvalue weighted by atomic mass is 10.0. The number of carbonyl (C=O) groups is 1. The van der Waals surface area contributed by atoms with Crippen molar-refractivity contribution in [1.82, 2.24) is 0 Å². The van der Waals surface area contributed by atoms with Gasteiger partial charge in [0.15, 0.2) is 0 Å². The van der Waals surface area contributed by atoms with Crippen LogP contribution in [-0.2, 0) is 16.6 Å². The summed E-state index contributed by atoms with van der Waals surface area (Å²) in [6.07, 6.45) is 1.11. The van der Waals surface area contributed by atoms with Crippen molar-refractivity contribution in [2.45, 2.75) is 6.54 Å². The molecule has 0 heterocycles. The van der Waals surface area contributed by atoms with Gasteiger partial charge in [0.25, 0.3) is 5.91 Å². The number of nitrogens with one attached hydrogen (secondary N) is 1. The zero-order valence-electron chi connectivity index (χ0n) is 18.8. The van der Waals surface area contributed by atoms with Crippen LogP contribution in [0.25, 0.3) is 11.1 Å². The molecule has 35 heavy (non-hydrogen) atoms. The van der Waals surface area contributed by atoms with Gasteiger partial charge in [-0.05, 0) is 41.5 Å². The number of benzene rings is 4. The van der Waals surface area contributed by atoms with Crippen LogP contribution in [0.4, 0.5) is 11.4 Å². The Labute approximate surface area is 215 Å². The van der Waals surface area contributed by atoms with E-state index in [1.54, 1.807) is 42.5 Å². The van der Waals surface area contributed by atoms with Gasteiger partial charge in [0.05, 0.1) is 28.5 Å². The van der Waals surface area contributed by atoms with Crippen LogP contribution >= 0.6 is 23.2 Å². The lowest BCUT2D eigenvalue weighted by Gasteiger charge is -2.24. The highest BCUT2D eigenvalue weighted by molar-refractivity contribution is 7.92. The van der Waals surface area contributed by atoms with Gasteiger partial charge < -0.3 is 5.32 Å². The summed E-state index contributed by atoms with van der Waals surface area (Å²) in [5.41, 5.74) is 4.04. The maximum absolute atomic E-state index is 12.9. The van der Waals surface area contributed by atoms with Crippen molar-refractivity contribution in [3.8, 4) is 11.1 Å². The molecule has 1 N–H and O–H groups in total. The Balaban J connectivity index is 1.54. The van der Waals surface area contributed by atoms with Crippen molar-refractivity contribution < 1.29 is 13.2 Å². The first-order valence-corrected chi connectivity index (χ1v) is 13.3. The fourth-order valence-corrected chi connectivity index (χ4v) is 4.99. The van der Waals surface area contributed by atoms with Gasteiger partial charge in [-0.25, -0.2) is 8.42 Å². The monoisotopic (exact) mass is 524 g/mol. The molecule has 0 atom stereocenters. The van der Waals surface area contributed by atoms with Crippen molar-refractivity contribution in [3.05, 3.63) is 118 Å². The molecule has 0 aromatic heterocycles. The Hall–Kier alpha value is -3.32. The molecule has 0 aliphatic heterocycles. The molecule has 0 bridgehead atoms. The summed E-state index contributed by atoms with van der Waals surface area (Å²) in [5.74, 6) is -0.266. The Morgan fingerprint density at radius 1 is 0.829 bits per heavy atom. The van der Waals surface area contributed by atoms with Crippen molar-refractivity contribution in [3.63, 3.8) is 0 Å². The number of rotatable bonds is 7. The molecule has 1 amide bonds. The maximum Gasteiger partial charge on any atom is 0.255 e. The maximum atomic E-state index is 12.9. The molecule has 0 fully saturated rings. The molecule has 0 aliphatic carbocycles. The minimum Gasteiger partial charge on any atom is -0.321 e. The van der Waals surface area contributed by atoms with E-state index in [-0.39, 0.29) is 22.5 Å². The van der Waals surface area contributed by atoms with E-state index in [1.165, 1.54) is 4.31 Å². The summed E-state index contributed by atoms with van der Waals surface area (Å²) in [4.78, 5) is 12.9. The zero-order chi connectivity index (χ0) is 25.0. The second-order valence-electron chi connectivity index (χ2n) is 7.91. The number of sulfonamides is 1. The van der Waals surface area contributed by atoms with Crippen LogP contribution < -0.4 is 9.62 Å². The predicted octanol–water partition coefficient (Wildman–Crippen LogP) is 6.88. The SMILES string of the molecule is CS(=O)(=O)N(Cc1ccc(C(=O)Nc2ccccc2-c2ccccc2)cc1)c1cccc(Cl)c1Cl. The Morgan fingerprint density at radius 2 is 1.49 bits per heavy atom. The van der Waals surface area contributed by atoms with Gasteiger partial charge in [-0.15, -0.1) is 0 Å². The first-order valence-electron chi connectivity index (χ1n) is 10.7. The van der Waals surface area contributed by atoms with Crippen LogP contribution in [0.1, 0.15) is 15.9 Å². The van der Waals surface area contributed by atoms with Crippen molar-refractivity contribution in [2.24, 2.45) is 0 Å². The van der Waals surface area contributed by atoms with E-state index >= 15 is 0 Å². The molecular formula is C27H22Cl2N2O3S. The third-order valence-corrected chi connectivity index (χ3v) is 7.34. The summed E-state index contributed by atoms with van der Waals surface area (Å²) in [5, 5.41) is 3.40. The number of nitrogens with zero attached hydrogens (tertiary/aromatic N) is 1. The van der Waals surface area contributed by atoms with Gasteiger partial charge in [-0.1, -0.05) is 89.9 Å². The van der Waals surface area contributed by atoms with Gasteiger partial charge in [-0.2, -0.15) is 0 Å². The first-order chi connectivity index (χ1) is 16.7. The summed E-state index contributed by atoms with van der Waals surface area (Å²) in [6, 6.07) is 29.0. The molecule has 0 aliphatic rings. The Morgan fingerprint density at radius 3 is 2.17 bits per heavy atom. The lowest BCUT2D eigenvalue weighted by molar-refractivity contribution is 0.102. The van der Waals surface area contributed by atoms with Crippen molar-refractivity contribution in [2.75, 3.05) is 15.9 Å². The number of hydrogen-bond donors (Lipinski definition) is 1. The number of halogens is 2. The van der Waals surface area contributed by atoms with Crippen LogP contribution in [-0.4, -0.2) is 20.6 Å². The molecule has 5 nitrogen and oxygen atoms in total. The number of carbonyl (C=O) groups excluding carboxylic acids is 1. The third-order valence-electron chi connectivity index (χ3n) is 5.40. The molecule has 0 spiro atoms. The van der Waals surface area contributed by atoms with Crippen LogP contribution in [0.5, 0.6) is 0 Å². The standard InChI is InChI=1S/C27H22Cl2N2O3S/c1-35(33,34)31(25-13-7-11-23(28)26(25)29)18-19-14-16-21(17-15-19)27(32)30-24-12-6-5-10-22(24)20-8-3-2-4-9-20/h2-17H,18H2,1H3,(H,30,32). The van der Waals surface area contributed by atoms with Crippen molar-refractivity contribution in [1.29, 1.82) is 0 Å². The molecule has 0 saturated heterocycles. The van der Waals surface area contributed by atoms with Crippen LogP contribution in [0.15, 0.2) is 97.1 Å². The highest BCUT2D eigenvalue weighted by Crippen LogP contribution is 2.34. The van der Waals surface area contributed by atoms with Gasteiger partial charge in [0.1, 0.15) is 0 Å². The van der Waals surface area contributed by atoms with Gasteiger partial charge in [-0.3, -0.25) is 9.10 Å². The molecule has 8 heteroatoms. The fraction of sp³-hybridized carbons (Fsp3) is 0.0741. The summed E-state index contributed by atoms with van der Waals surface area (Å²) < 4.78 is 26.2. The Bertz CT molecular complexity index is 1460. The zero-order valence-corrected chi connectivity index (χ0v) is 21.1. The average molecular weight is 525 g/mol. The molecule has 0 unspecified atom stereocenters. The van der Waals surface area contributed by atoms with E-state index in [4.69, 9.17) is 23.2 Å². The van der Waals surface area contributed by atoms with E-state index < -0.39 is 10.0 Å². The van der Waals surface area contributed by atoms with Crippen LogP contribution in [0.2, 0.25) is 10.0 Å². The average Bonchev–Trinajstić information content (AvgIpc) is 2.85. The molecule has 4 aromatic carbocycles. The van der Waals surface area contributed by atoms with Gasteiger partial charge in [0.2, 0.25) is 10.0 Å². The smallest absolute Gasteiger partial charge is 0.255 e. The number of para-hydroxylation sites is 1. The first kappa shape index (κ1) is 24.8. The summed E-state index contributed by atoms with van der Waals surface area (Å²) in [7, 11) is -3.64. The quantitative estimate of drug-likeness (QED) is 0.286. The van der Waals surface area contributed by atoms with Crippen LogP contribution in [0.3, 0.4) is 0 Å². The third kappa shape index (κ3) is 5.85. The summed E-state index contributed by atoms with van der Waals surface area (Å²) >= 11 is 12.4. The topological polar surface area (TPSA) is 66.5 Å². The largest absolute Gasteiger partial charge is 0.321 e. The van der Waals surface area contributed by atoms with Crippen molar-refractivity contribution >= 4 is 50.5 Å². The highest BCUT2D eigenvalue weighted by Gasteiger charge is 2.22. The highest BCUT2D eigenvalue weighted by atomic mass is 35.5. The molecule has 178 valence electrons. The van der Waals surface area contributed by atoms with E-state index in [2.05, 4.69) is 5.32 Å². The minimum absolute atomic E-state index is 0.0393. The van der Waals surface area contributed by atoms with Crippen LogP contribution in [0, 0.1) is 0 Å². The lowest BCUT2D eigenvalue weighted by Crippen LogP contribution is -2.29. The van der Waals surface area contributed by atoms with E-state index in [0.29, 0.717) is 22.5 Å². The number of anilines is 2. The second kappa shape index (κ2) is 10.5. The molecule has 4 aromatic rings. The molecular weight excluding hydrogens is 503 g/mol. The van der Waals surface area contributed by atoms with E-state index in [1.807, 2.05) is 54.6 Å². The molecule has 4 rings (SSSR count).